The number of hydrogen-bond donors (Lipinski definition) is 1. The van der Waals surface area contributed by atoms with E-state index in [1.807, 2.05) is 5.01 Å². The first kappa shape index (κ1) is 14.4. The number of hydrazine groups is 1. The van der Waals surface area contributed by atoms with Crippen molar-refractivity contribution in [2.75, 3.05) is 38.7 Å². The van der Waals surface area contributed by atoms with E-state index in [4.69, 9.17) is 27.9 Å². The summed E-state index contributed by atoms with van der Waals surface area (Å²) in [5, 5.41) is 7.11. The van der Waals surface area contributed by atoms with Gasteiger partial charge in [-0.1, -0.05) is 23.2 Å². The highest BCUT2D eigenvalue weighted by molar-refractivity contribution is 6.42. The largest absolute Gasteiger partial charge is 0.379 e. The van der Waals surface area contributed by atoms with Gasteiger partial charge in [-0.3, -0.25) is 5.01 Å². The van der Waals surface area contributed by atoms with Crippen LogP contribution < -0.4 is 5.32 Å². The fourth-order valence-corrected chi connectivity index (χ4v) is 2.06. The highest BCUT2D eigenvalue weighted by atomic mass is 35.5. The average Bonchev–Trinajstić information content (AvgIpc) is 2.43. The standard InChI is InChI=1S/C12H15Cl2N3O2/c1-16(17-4-6-19-7-5-17)12(18)15-9-2-3-10(13)11(14)8-9/h2-3,8H,4-7H2,1H3,(H,15,18). The normalized spacial score (nSPS) is 16.2. The van der Waals surface area contributed by atoms with Crippen LogP contribution in [0.4, 0.5) is 10.5 Å². The maximum atomic E-state index is 12.1. The minimum Gasteiger partial charge on any atom is -0.379 e. The van der Waals surface area contributed by atoms with Crippen molar-refractivity contribution in [3.63, 3.8) is 0 Å². The Kier molecular flexibility index (Phi) is 4.87. The third-order valence-electron chi connectivity index (χ3n) is 2.88. The highest BCUT2D eigenvalue weighted by Gasteiger charge is 2.19. The number of rotatable bonds is 2. The lowest BCUT2D eigenvalue weighted by molar-refractivity contribution is -0.0478. The second-order valence-electron chi connectivity index (χ2n) is 4.15. The fraction of sp³-hybridized carbons (Fsp3) is 0.417. The van der Waals surface area contributed by atoms with Gasteiger partial charge in [-0.15, -0.1) is 0 Å². The van der Waals surface area contributed by atoms with Crippen LogP contribution in [0.5, 0.6) is 0 Å². The highest BCUT2D eigenvalue weighted by Crippen LogP contribution is 2.25. The van der Waals surface area contributed by atoms with E-state index in [1.54, 1.807) is 30.3 Å². The van der Waals surface area contributed by atoms with Gasteiger partial charge in [0.05, 0.1) is 23.3 Å². The van der Waals surface area contributed by atoms with Crippen LogP contribution in [-0.2, 0) is 4.74 Å². The van der Waals surface area contributed by atoms with Crippen LogP contribution in [0, 0.1) is 0 Å². The van der Waals surface area contributed by atoms with E-state index in [0.717, 1.165) is 0 Å². The maximum absolute atomic E-state index is 12.1. The van der Waals surface area contributed by atoms with Gasteiger partial charge in [0.2, 0.25) is 0 Å². The zero-order valence-corrected chi connectivity index (χ0v) is 12.0. The number of urea groups is 1. The van der Waals surface area contributed by atoms with Gasteiger partial charge in [-0.2, -0.15) is 0 Å². The van der Waals surface area contributed by atoms with E-state index < -0.39 is 0 Å². The molecule has 2 rings (SSSR count). The SMILES string of the molecule is CN(C(=O)Nc1ccc(Cl)c(Cl)c1)N1CCOCC1. The van der Waals surface area contributed by atoms with Crippen LogP contribution in [0.2, 0.25) is 10.0 Å². The molecule has 0 aromatic heterocycles. The van der Waals surface area contributed by atoms with Gasteiger partial charge in [-0.05, 0) is 18.2 Å². The molecule has 19 heavy (non-hydrogen) atoms. The van der Waals surface area contributed by atoms with Crippen molar-refractivity contribution < 1.29 is 9.53 Å². The summed E-state index contributed by atoms with van der Waals surface area (Å²) in [6.45, 7) is 2.66. The predicted octanol–water partition coefficient (Wildman–Crippen LogP) is 2.70. The minimum absolute atomic E-state index is 0.222. The number of benzene rings is 1. The molecular weight excluding hydrogens is 289 g/mol. The summed E-state index contributed by atoms with van der Waals surface area (Å²) >= 11 is 11.7. The summed E-state index contributed by atoms with van der Waals surface area (Å²) in [5.74, 6) is 0. The van der Waals surface area contributed by atoms with Crippen LogP contribution >= 0.6 is 23.2 Å². The zero-order valence-electron chi connectivity index (χ0n) is 10.5. The molecule has 1 aliphatic heterocycles. The molecule has 0 aliphatic carbocycles. The number of hydrogen-bond acceptors (Lipinski definition) is 3. The molecule has 2 amide bonds. The number of nitrogens with one attached hydrogen (secondary N) is 1. The molecule has 1 saturated heterocycles. The summed E-state index contributed by atoms with van der Waals surface area (Å²) < 4.78 is 5.24. The molecule has 0 radical (unpaired) electrons. The lowest BCUT2D eigenvalue weighted by Crippen LogP contribution is -2.50. The van der Waals surface area contributed by atoms with Gasteiger partial charge < -0.3 is 10.1 Å². The summed E-state index contributed by atoms with van der Waals surface area (Å²) in [4.78, 5) is 12.1. The van der Waals surface area contributed by atoms with Gasteiger partial charge in [0.15, 0.2) is 0 Å². The Labute approximate surface area is 122 Å². The first-order chi connectivity index (χ1) is 9.08. The van der Waals surface area contributed by atoms with Gasteiger partial charge in [0.1, 0.15) is 0 Å². The third-order valence-corrected chi connectivity index (χ3v) is 3.62. The molecule has 0 spiro atoms. The van der Waals surface area contributed by atoms with E-state index in [1.165, 1.54) is 0 Å². The van der Waals surface area contributed by atoms with E-state index in [9.17, 15) is 4.79 Å². The molecule has 104 valence electrons. The van der Waals surface area contributed by atoms with Crippen molar-refractivity contribution in [1.82, 2.24) is 10.0 Å². The molecule has 1 fully saturated rings. The Morgan fingerprint density at radius 1 is 1.32 bits per heavy atom. The summed E-state index contributed by atoms with van der Waals surface area (Å²) in [6, 6.07) is 4.75. The van der Waals surface area contributed by atoms with Crippen molar-refractivity contribution in [3.05, 3.63) is 28.2 Å². The number of nitrogens with zero attached hydrogens (tertiary/aromatic N) is 2. The summed E-state index contributed by atoms with van der Waals surface area (Å²) in [5.41, 5.74) is 0.611. The molecule has 5 nitrogen and oxygen atoms in total. The summed E-state index contributed by atoms with van der Waals surface area (Å²) in [7, 11) is 1.72. The molecule has 1 aromatic rings. The smallest absolute Gasteiger partial charge is 0.336 e. The molecular formula is C12H15Cl2N3O2. The minimum atomic E-state index is -0.222. The molecule has 0 atom stereocenters. The lowest BCUT2D eigenvalue weighted by Gasteiger charge is -2.34. The van der Waals surface area contributed by atoms with Gasteiger partial charge in [0.25, 0.3) is 0 Å². The Bertz CT molecular complexity index is 464. The second kappa shape index (κ2) is 6.43. The van der Waals surface area contributed by atoms with Crippen LogP contribution in [0.3, 0.4) is 0 Å². The van der Waals surface area contributed by atoms with Crippen molar-refractivity contribution >= 4 is 34.9 Å². The van der Waals surface area contributed by atoms with E-state index >= 15 is 0 Å². The van der Waals surface area contributed by atoms with Crippen molar-refractivity contribution in [2.45, 2.75) is 0 Å². The van der Waals surface area contributed by atoms with Crippen molar-refractivity contribution in [1.29, 1.82) is 0 Å². The van der Waals surface area contributed by atoms with Gasteiger partial charge in [-0.25, -0.2) is 9.80 Å². The predicted molar refractivity (Wildman–Crippen MR) is 75.6 cm³/mol. The third kappa shape index (κ3) is 3.73. The number of ether oxygens (including phenoxy) is 1. The Balaban J connectivity index is 1.97. The number of anilines is 1. The molecule has 1 N–H and O–H groups in total. The quantitative estimate of drug-likeness (QED) is 0.913. The molecule has 0 saturated carbocycles. The van der Waals surface area contributed by atoms with Crippen LogP contribution in [0.1, 0.15) is 0 Å². The monoisotopic (exact) mass is 303 g/mol. The number of carbonyl (C=O) groups is 1. The Hall–Kier alpha value is -1.01. The number of morpholine rings is 1. The maximum Gasteiger partial charge on any atom is 0.336 e. The summed E-state index contributed by atoms with van der Waals surface area (Å²) in [6.07, 6.45) is 0. The number of carbonyl (C=O) groups excluding carboxylic acids is 1. The van der Waals surface area contributed by atoms with E-state index in [2.05, 4.69) is 5.32 Å². The first-order valence-corrected chi connectivity index (χ1v) is 6.66. The average molecular weight is 304 g/mol. The fourth-order valence-electron chi connectivity index (χ4n) is 1.76. The lowest BCUT2D eigenvalue weighted by atomic mass is 10.3. The second-order valence-corrected chi connectivity index (χ2v) is 4.96. The molecule has 1 heterocycles. The van der Waals surface area contributed by atoms with Gasteiger partial charge in [0, 0.05) is 25.8 Å². The van der Waals surface area contributed by atoms with E-state index in [-0.39, 0.29) is 6.03 Å². The Morgan fingerprint density at radius 3 is 2.63 bits per heavy atom. The molecule has 0 bridgehead atoms. The molecule has 0 unspecified atom stereocenters. The van der Waals surface area contributed by atoms with E-state index in [0.29, 0.717) is 42.0 Å². The van der Waals surface area contributed by atoms with Crippen molar-refractivity contribution in [3.8, 4) is 0 Å². The topological polar surface area (TPSA) is 44.8 Å². The van der Waals surface area contributed by atoms with Crippen LogP contribution in [-0.4, -0.2) is 49.4 Å². The number of halogens is 2. The Morgan fingerprint density at radius 2 is 2.00 bits per heavy atom. The van der Waals surface area contributed by atoms with Crippen LogP contribution in [0.25, 0.3) is 0 Å². The zero-order chi connectivity index (χ0) is 13.8. The van der Waals surface area contributed by atoms with Crippen molar-refractivity contribution in [2.24, 2.45) is 0 Å². The molecule has 7 heteroatoms. The molecule has 1 aliphatic rings. The van der Waals surface area contributed by atoms with Crippen LogP contribution in [0.15, 0.2) is 18.2 Å². The molecule has 1 aromatic carbocycles. The first-order valence-electron chi connectivity index (χ1n) is 5.90. The number of amides is 2. The van der Waals surface area contributed by atoms with Gasteiger partial charge >= 0.3 is 6.03 Å².